The van der Waals surface area contributed by atoms with Gasteiger partial charge in [0.2, 0.25) is 0 Å². The second-order valence-electron chi connectivity index (χ2n) is 4.64. The summed E-state index contributed by atoms with van der Waals surface area (Å²) < 4.78 is 77.1. The standard InChI is InChI=1S/C10H12F6N2O5/c11-9(12,13)7(21)17-2-4-6(20)3(1-5(19)23-4)18-8(22)10(14,15)16/h3-6,19-20H,1-2H2,(H,17,21)(H,18,22)/t3-,4-,5+,6+/m1/s1. The second-order valence-corrected chi connectivity index (χ2v) is 4.64. The summed E-state index contributed by atoms with van der Waals surface area (Å²) in [7, 11) is 0. The van der Waals surface area contributed by atoms with E-state index in [2.05, 4.69) is 4.74 Å². The maximum absolute atomic E-state index is 12.1. The molecule has 134 valence electrons. The zero-order valence-corrected chi connectivity index (χ0v) is 11.1. The van der Waals surface area contributed by atoms with Crippen molar-refractivity contribution in [3.63, 3.8) is 0 Å². The fourth-order valence-corrected chi connectivity index (χ4v) is 1.81. The summed E-state index contributed by atoms with van der Waals surface area (Å²) >= 11 is 0. The lowest BCUT2D eigenvalue weighted by Crippen LogP contribution is -2.60. The van der Waals surface area contributed by atoms with E-state index in [1.54, 1.807) is 0 Å². The summed E-state index contributed by atoms with van der Waals surface area (Å²) in [6, 6.07) is -1.62. The number of halogens is 6. The van der Waals surface area contributed by atoms with Crippen LogP contribution in [0.3, 0.4) is 0 Å². The molecule has 0 aromatic rings. The zero-order valence-electron chi connectivity index (χ0n) is 11.1. The highest BCUT2D eigenvalue weighted by Crippen LogP contribution is 2.22. The maximum Gasteiger partial charge on any atom is 0.471 e. The van der Waals surface area contributed by atoms with E-state index in [1.165, 1.54) is 10.6 Å². The Morgan fingerprint density at radius 1 is 1.04 bits per heavy atom. The molecule has 0 aromatic heterocycles. The highest BCUT2D eigenvalue weighted by Gasteiger charge is 2.45. The summed E-state index contributed by atoms with van der Waals surface area (Å²) in [6.07, 6.45) is -16.3. The number of carbonyl (C=O) groups is 2. The zero-order chi connectivity index (χ0) is 18.0. The molecule has 4 atom stereocenters. The van der Waals surface area contributed by atoms with Crippen molar-refractivity contribution in [2.45, 2.75) is 43.3 Å². The van der Waals surface area contributed by atoms with Gasteiger partial charge in [-0.3, -0.25) is 9.59 Å². The van der Waals surface area contributed by atoms with Crippen LogP contribution < -0.4 is 10.6 Å². The van der Waals surface area contributed by atoms with Crippen molar-refractivity contribution in [2.24, 2.45) is 0 Å². The minimum atomic E-state index is -5.25. The summed E-state index contributed by atoms with van der Waals surface area (Å²) in [5.74, 6) is -4.75. The number of amides is 2. The van der Waals surface area contributed by atoms with Crippen LogP contribution in [0.25, 0.3) is 0 Å². The number of hydrogen-bond acceptors (Lipinski definition) is 5. The smallest absolute Gasteiger partial charge is 0.388 e. The quantitative estimate of drug-likeness (QED) is 0.496. The predicted molar refractivity (Wildman–Crippen MR) is 58.6 cm³/mol. The van der Waals surface area contributed by atoms with E-state index in [9.17, 15) is 46.1 Å². The van der Waals surface area contributed by atoms with Gasteiger partial charge in [-0.25, -0.2) is 0 Å². The van der Waals surface area contributed by atoms with Crippen molar-refractivity contribution < 1.29 is 50.9 Å². The molecule has 2 amide bonds. The SMILES string of the molecule is O=C(NC[C@H]1O[C@H](O)C[C@@H](NC(=O)C(F)(F)F)[C@@H]1O)C(F)(F)F. The number of alkyl halides is 6. The van der Waals surface area contributed by atoms with Gasteiger partial charge in [0, 0.05) is 13.0 Å². The van der Waals surface area contributed by atoms with Gasteiger partial charge >= 0.3 is 24.2 Å². The van der Waals surface area contributed by atoms with Crippen molar-refractivity contribution in [1.82, 2.24) is 10.6 Å². The molecule has 1 aliphatic heterocycles. The Bertz CT molecular complexity index is 454. The van der Waals surface area contributed by atoms with Gasteiger partial charge in [-0.1, -0.05) is 0 Å². The molecule has 0 bridgehead atoms. The lowest BCUT2D eigenvalue weighted by molar-refractivity contribution is -0.212. The summed E-state index contributed by atoms with van der Waals surface area (Å²) in [6.45, 7) is -0.936. The Kier molecular flexibility index (Phi) is 5.82. The van der Waals surface area contributed by atoms with E-state index < -0.39 is 61.7 Å². The van der Waals surface area contributed by atoms with Gasteiger partial charge in [0.05, 0.1) is 6.04 Å². The van der Waals surface area contributed by atoms with E-state index in [4.69, 9.17) is 0 Å². The van der Waals surface area contributed by atoms with Crippen LogP contribution in [0.5, 0.6) is 0 Å². The summed E-state index contributed by atoms with van der Waals surface area (Å²) in [4.78, 5) is 21.4. The third-order valence-corrected chi connectivity index (χ3v) is 2.88. The van der Waals surface area contributed by atoms with Gasteiger partial charge in [-0.2, -0.15) is 26.3 Å². The lowest BCUT2D eigenvalue weighted by Gasteiger charge is -2.37. The predicted octanol–water partition coefficient (Wildman–Crippen LogP) is -0.820. The van der Waals surface area contributed by atoms with Crippen molar-refractivity contribution in [1.29, 1.82) is 0 Å². The number of carbonyl (C=O) groups excluding carboxylic acids is 2. The molecule has 1 fully saturated rings. The molecule has 13 heteroatoms. The molecule has 0 saturated carbocycles. The number of nitrogens with one attached hydrogen (secondary N) is 2. The average Bonchev–Trinajstić information content (AvgIpc) is 2.38. The maximum atomic E-state index is 12.1. The lowest BCUT2D eigenvalue weighted by atomic mass is 9.98. The summed E-state index contributed by atoms with van der Waals surface area (Å²) in [5.41, 5.74) is 0. The van der Waals surface area contributed by atoms with Crippen molar-refractivity contribution >= 4 is 11.8 Å². The van der Waals surface area contributed by atoms with Crippen molar-refractivity contribution in [2.75, 3.05) is 6.54 Å². The van der Waals surface area contributed by atoms with E-state index >= 15 is 0 Å². The minimum absolute atomic E-state index is 0.618. The first-order chi connectivity index (χ1) is 10.3. The van der Waals surface area contributed by atoms with Crippen LogP contribution in [0.2, 0.25) is 0 Å². The van der Waals surface area contributed by atoms with Crippen LogP contribution in [0, 0.1) is 0 Å². The van der Waals surface area contributed by atoms with E-state index in [1.807, 2.05) is 0 Å². The monoisotopic (exact) mass is 354 g/mol. The normalized spacial score (nSPS) is 29.0. The fourth-order valence-electron chi connectivity index (χ4n) is 1.81. The fraction of sp³-hybridized carbons (Fsp3) is 0.800. The Morgan fingerprint density at radius 2 is 1.57 bits per heavy atom. The van der Waals surface area contributed by atoms with Crippen LogP contribution in [0.4, 0.5) is 26.3 Å². The summed E-state index contributed by atoms with van der Waals surface area (Å²) in [5, 5.41) is 21.8. The molecule has 0 aliphatic carbocycles. The molecule has 0 radical (unpaired) electrons. The molecule has 1 aliphatic rings. The van der Waals surface area contributed by atoms with Gasteiger partial charge in [0.25, 0.3) is 0 Å². The highest BCUT2D eigenvalue weighted by molar-refractivity contribution is 5.82. The molecular formula is C10H12F6N2O5. The number of rotatable bonds is 3. The molecule has 23 heavy (non-hydrogen) atoms. The van der Waals surface area contributed by atoms with Crippen LogP contribution in [0.1, 0.15) is 6.42 Å². The molecule has 7 nitrogen and oxygen atoms in total. The molecule has 1 saturated heterocycles. The third-order valence-electron chi connectivity index (χ3n) is 2.88. The van der Waals surface area contributed by atoms with Gasteiger partial charge < -0.3 is 25.6 Å². The number of ether oxygens (including phenoxy) is 1. The van der Waals surface area contributed by atoms with Crippen LogP contribution in [-0.4, -0.2) is 65.5 Å². The number of aliphatic hydroxyl groups excluding tert-OH is 2. The van der Waals surface area contributed by atoms with Crippen LogP contribution in [-0.2, 0) is 14.3 Å². The first kappa shape index (κ1) is 19.4. The highest BCUT2D eigenvalue weighted by atomic mass is 19.4. The number of aliphatic hydroxyl groups is 2. The van der Waals surface area contributed by atoms with Crippen LogP contribution in [0.15, 0.2) is 0 Å². The van der Waals surface area contributed by atoms with Gasteiger partial charge in [0.1, 0.15) is 12.2 Å². The molecule has 0 unspecified atom stereocenters. The van der Waals surface area contributed by atoms with Crippen molar-refractivity contribution in [3.8, 4) is 0 Å². The first-order valence-corrected chi connectivity index (χ1v) is 6.06. The van der Waals surface area contributed by atoms with E-state index in [-0.39, 0.29) is 0 Å². The van der Waals surface area contributed by atoms with E-state index in [0.29, 0.717) is 0 Å². The molecule has 4 N–H and O–H groups in total. The van der Waals surface area contributed by atoms with E-state index in [0.717, 1.165) is 0 Å². The molecule has 1 rings (SSSR count). The van der Waals surface area contributed by atoms with Gasteiger partial charge in [-0.15, -0.1) is 0 Å². The van der Waals surface area contributed by atoms with Crippen LogP contribution >= 0.6 is 0 Å². The first-order valence-electron chi connectivity index (χ1n) is 6.06. The second kappa shape index (κ2) is 6.88. The van der Waals surface area contributed by atoms with Gasteiger partial charge in [0.15, 0.2) is 6.29 Å². The molecule has 0 aromatic carbocycles. The molecule has 0 spiro atoms. The molecule has 1 heterocycles. The third kappa shape index (κ3) is 5.51. The average molecular weight is 354 g/mol. The topological polar surface area (TPSA) is 108 Å². The number of hydrogen-bond donors (Lipinski definition) is 4. The van der Waals surface area contributed by atoms with Crippen molar-refractivity contribution in [3.05, 3.63) is 0 Å². The van der Waals surface area contributed by atoms with Gasteiger partial charge in [-0.05, 0) is 0 Å². The molecular weight excluding hydrogens is 342 g/mol. The Hall–Kier alpha value is -1.60. The Morgan fingerprint density at radius 3 is 2.04 bits per heavy atom. The Balaban J connectivity index is 2.68. The minimum Gasteiger partial charge on any atom is -0.388 e. The Labute approximate surface area is 124 Å². The largest absolute Gasteiger partial charge is 0.471 e.